The number of nitrogens with zero attached hydrogens (tertiary/aromatic N) is 3. The van der Waals surface area contributed by atoms with Gasteiger partial charge in [-0.25, -0.2) is 4.79 Å². The van der Waals surface area contributed by atoms with Gasteiger partial charge in [0.15, 0.2) is 5.78 Å². The molecular weight excluding hydrogens is 304 g/mol. The molecule has 0 unspecified atom stereocenters. The van der Waals surface area contributed by atoms with Crippen molar-refractivity contribution in [3.05, 3.63) is 11.3 Å². The van der Waals surface area contributed by atoms with Gasteiger partial charge in [0.05, 0.1) is 12.3 Å². The van der Waals surface area contributed by atoms with Crippen LogP contribution in [0.5, 0.6) is 0 Å². The average molecular weight is 322 g/mol. The second-order valence-corrected chi connectivity index (χ2v) is 6.23. The van der Waals surface area contributed by atoms with E-state index in [0.29, 0.717) is 10.7 Å². The molecule has 0 spiro atoms. The van der Waals surface area contributed by atoms with Gasteiger partial charge in [-0.2, -0.15) is 14.7 Å². The number of carbonyl (C=O) groups excluding carboxylic acids is 2. The summed E-state index contributed by atoms with van der Waals surface area (Å²) in [5.41, 5.74) is 2.36. The Labute approximate surface area is 133 Å². The van der Waals surface area contributed by atoms with Crippen LogP contribution in [0, 0.1) is 23.7 Å². The van der Waals surface area contributed by atoms with Crippen molar-refractivity contribution in [1.82, 2.24) is 4.37 Å². The summed E-state index contributed by atoms with van der Waals surface area (Å²) in [6.45, 7) is 8.70. The number of esters is 1. The van der Waals surface area contributed by atoms with E-state index in [1.165, 1.54) is 0 Å². The van der Waals surface area contributed by atoms with Crippen molar-refractivity contribution in [3.63, 3.8) is 0 Å². The molecule has 0 amide bonds. The standard InChI is InChI=1S/C14H18N4O3S/c1-6-21-13(20)10-8(2)18-22-12(10)17-16-9(7-15)11(19)14(3,4)5/h17H,6H2,1-5H3. The molecule has 0 aliphatic heterocycles. The third kappa shape index (κ3) is 4.11. The molecule has 1 aromatic rings. The molecule has 0 aliphatic carbocycles. The van der Waals surface area contributed by atoms with Gasteiger partial charge in [-0.3, -0.25) is 10.2 Å². The Bertz CT molecular complexity index is 650. The molecule has 1 aromatic heterocycles. The average Bonchev–Trinajstić information content (AvgIpc) is 2.79. The van der Waals surface area contributed by atoms with Gasteiger partial charge in [0.1, 0.15) is 16.6 Å². The summed E-state index contributed by atoms with van der Waals surface area (Å²) >= 11 is 1.01. The summed E-state index contributed by atoms with van der Waals surface area (Å²) in [6.07, 6.45) is 0. The highest BCUT2D eigenvalue weighted by atomic mass is 32.1. The molecule has 7 nitrogen and oxygen atoms in total. The van der Waals surface area contributed by atoms with Crippen molar-refractivity contribution in [1.29, 1.82) is 5.26 Å². The molecule has 118 valence electrons. The van der Waals surface area contributed by atoms with Crippen LogP contribution < -0.4 is 5.43 Å². The number of nitrogens with one attached hydrogen (secondary N) is 1. The zero-order chi connectivity index (χ0) is 16.9. The van der Waals surface area contributed by atoms with Gasteiger partial charge in [-0.1, -0.05) is 20.8 Å². The predicted molar refractivity (Wildman–Crippen MR) is 83.9 cm³/mol. The minimum atomic E-state index is -0.718. The van der Waals surface area contributed by atoms with E-state index in [9.17, 15) is 9.59 Å². The molecule has 0 fully saturated rings. The maximum absolute atomic E-state index is 12.0. The minimum Gasteiger partial charge on any atom is -0.462 e. The molecule has 0 aromatic carbocycles. The molecule has 1 rings (SSSR count). The summed E-state index contributed by atoms with van der Waals surface area (Å²) in [6, 6.07) is 1.77. The second kappa shape index (κ2) is 7.13. The summed E-state index contributed by atoms with van der Waals surface area (Å²) in [5, 5.41) is 13.2. The first-order valence-electron chi connectivity index (χ1n) is 6.64. The number of hydrogen-bond acceptors (Lipinski definition) is 8. The second-order valence-electron chi connectivity index (χ2n) is 5.46. The van der Waals surface area contributed by atoms with E-state index < -0.39 is 11.4 Å². The van der Waals surface area contributed by atoms with Gasteiger partial charge in [-0.05, 0) is 25.4 Å². The number of hydrazone groups is 1. The smallest absolute Gasteiger partial charge is 0.343 e. The quantitative estimate of drug-likeness (QED) is 0.507. The minimum absolute atomic E-state index is 0.239. The molecule has 0 aliphatic rings. The first-order valence-corrected chi connectivity index (χ1v) is 7.41. The highest BCUT2D eigenvalue weighted by molar-refractivity contribution is 7.10. The van der Waals surface area contributed by atoms with Crippen molar-refractivity contribution in [2.75, 3.05) is 12.0 Å². The molecular formula is C14H18N4O3S. The van der Waals surface area contributed by atoms with Crippen LogP contribution in [0.1, 0.15) is 43.7 Å². The van der Waals surface area contributed by atoms with E-state index in [4.69, 9.17) is 10.00 Å². The van der Waals surface area contributed by atoms with Crippen LogP contribution in [0.2, 0.25) is 0 Å². The fourth-order valence-corrected chi connectivity index (χ4v) is 2.21. The van der Waals surface area contributed by atoms with Gasteiger partial charge >= 0.3 is 5.97 Å². The van der Waals surface area contributed by atoms with Gasteiger partial charge in [0.2, 0.25) is 5.71 Å². The SMILES string of the molecule is CCOC(=O)c1c(C)nsc1NN=C(C#N)C(=O)C(C)(C)C. The number of anilines is 1. The highest BCUT2D eigenvalue weighted by Gasteiger charge is 2.27. The Morgan fingerprint density at radius 1 is 1.45 bits per heavy atom. The fourth-order valence-electron chi connectivity index (χ4n) is 1.48. The third-order valence-electron chi connectivity index (χ3n) is 2.61. The number of rotatable bonds is 5. The van der Waals surface area contributed by atoms with E-state index in [0.717, 1.165) is 11.5 Å². The number of carbonyl (C=O) groups is 2. The summed E-state index contributed by atoms with van der Waals surface area (Å²) in [7, 11) is 0. The van der Waals surface area contributed by atoms with Crippen LogP contribution in [0.15, 0.2) is 5.10 Å². The van der Waals surface area contributed by atoms with E-state index in [2.05, 4.69) is 14.9 Å². The number of aryl methyl sites for hydroxylation is 1. The molecule has 0 atom stereocenters. The van der Waals surface area contributed by atoms with Crippen LogP contribution in [-0.2, 0) is 9.53 Å². The van der Waals surface area contributed by atoms with Crippen molar-refractivity contribution >= 4 is 34.0 Å². The molecule has 8 heteroatoms. The molecule has 0 saturated heterocycles. The topological polar surface area (TPSA) is 104 Å². The van der Waals surface area contributed by atoms with Crippen LogP contribution in [-0.4, -0.2) is 28.4 Å². The first kappa shape index (κ1) is 17.8. The summed E-state index contributed by atoms with van der Waals surface area (Å²) in [4.78, 5) is 23.9. The number of ether oxygens (including phenoxy) is 1. The monoisotopic (exact) mass is 322 g/mol. The van der Waals surface area contributed by atoms with Crippen molar-refractivity contribution in [3.8, 4) is 6.07 Å². The van der Waals surface area contributed by atoms with Gasteiger partial charge in [-0.15, -0.1) is 0 Å². The normalized spacial score (nSPS) is 11.7. The lowest BCUT2D eigenvalue weighted by atomic mass is 9.88. The van der Waals surface area contributed by atoms with Gasteiger partial charge in [0, 0.05) is 5.41 Å². The lowest BCUT2D eigenvalue weighted by Crippen LogP contribution is -2.28. The van der Waals surface area contributed by atoms with Crippen LogP contribution in [0.3, 0.4) is 0 Å². The molecule has 0 saturated carbocycles. The van der Waals surface area contributed by atoms with Gasteiger partial charge in [0.25, 0.3) is 0 Å². The Kier molecular flexibility index (Phi) is 5.77. The zero-order valence-corrected chi connectivity index (χ0v) is 14.0. The molecule has 1 heterocycles. The summed E-state index contributed by atoms with van der Waals surface area (Å²) in [5.74, 6) is -0.909. The number of hydrogen-bond donors (Lipinski definition) is 1. The van der Waals surface area contributed by atoms with E-state index in [-0.39, 0.29) is 23.7 Å². The number of aromatic nitrogens is 1. The van der Waals surface area contributed by atoms with E-state index in [1.54, 1.807) is 40.7 Å². The highest BCUT2D eigenvalue weighted by Crippen LogP contribution is 2.25. The summed E-state index contributed by atoms with van der Waals surface area (Å²) < 4.78 is 9.01. The Morgan fingerprint density at radius 3 is 2.59 bits per heavy atom. The van der Waals surface area contributed by atoms with E-state index in [1.807, 2.05) is 0 Å². The Balaban J connectivity index is 3.06. The van der Waals surface area contributed by atoms with Crippen molar-refractivity contribution in [2.45, 2.75) is 34.6 Å². The fraction of sp³-hybridized carbons (Fsp3) is 0.500. The number of Topliss-reactive ketones (excluding diaryl/α,β-unsaturated/α-hetero) is 1. The number of nitriles is 1. The molecule has 0 bridgehead atoms. The Morgan fingerprint density at radius 2 is 2.09 bits per heavy atom. The van der Waals surface area contributed by atoms with Crippen molar-refractivity contribution in [2.24, 2.45) is 10.5 Å². The third-order valence-corrected chi connectivity index (χ3v) is 3.46. The zero-order valence-electron chi connectivity index (χ0n) is 13.2. The van der Waals surface area contributed by atoms with Gasteiger partial charge < -0.3 is 4.74 Å². The van der Waals surface area contributed by atoms with Crippen LogP contribution >= 0.6 is 11.5 Å². The molecule has 0 radical (unpaired) electrons. The lowest BCUT2D eigenvalue weighted by Gasteiger charge is -2.14. The predicted octanol–water partition coefficient (Wildman–Crippen LogP) is 2.53. The van der Waals surface area contributed by atoms with E-state index >= 15 is 0 Å². The van der Waals surface area contributed by atoms with Crippen LogP contribution in [0.4, 0.5) is 5.00 Å². The van der Waals surface area contributed by atoms with Crippen LogP contribution in [0.25, 0.3) is 0 Å². The molecule has 1 N–H and O–H groups in total. The lowest BCUT2D eigenvalue weighted by molar-refractivity contribution is -0.119. The first-order chi connectivity index (χ1) is 10.2. The molecule has 22 heavy (non-hydrogen) atoms. The maximum atomic E-state index is 12.0. The Hall–Kier alpha value is -2.27. The largest absolute Gasteiger partial charge is 0.462 e. The van der Waals surface area contributed by atoms with Crippen molar-refractivity contribution < 1.29 is 14.3 Å². The maximum Gasteiger partial charge on any atom is 0.343 e. The number of ketones is 1.